The zero-order chi connectivity index (χ0) is 28.6. The van der Waals surface area contributed by atoms with Crippen LogP contribution >= 0.6 is 11.3 Å². The van der Waals surface area contributed by atoms with Gasteiger partial charge in [0, 0.05) is 62.8 Å². The van der Waals surface area contributed by atoms with Gasteiger partial charge in [-0.3, -0.25) is 14.6 Å². The smallest absolute Gasteiger partial charge is 0.273 e. The van der Waals surface area contributed by atoms with Crippen molar-refractivity contribution < 1.29 is 18.7 Å². The van der Waals surface area contributed by atoms with Gasteiger partial charge in [-0.05, 0) is 29.3 Å². The van der Waals surface area contributed by atoms with E-state index in [1.165, 1.54) is 29.0 Å². The number of benzene rings is 3. The van der Waals surface area contributed by atoms with Crippen LogP contribution in [0.5, 0.6) is 11.5 Å². The van der Waals surface area contributed by atoms with Gasteiger partial charge in [0.1, 0.15) is 28.0 Å². The number of thiazole rings is 1. The number of amides is 1. The number of halogens is 1. The van der Waals surface area contributed by atoms with Crippen molar-refractivity contribution in [2.45, 2.75) is 26.2 Å². The Labute approximate surface area is 244 Å². The Kier molecular flexibility index (Phi) is 9.61. The highest BCUT2D eigenvalue weighted by atomic mass is 32.1. The molecule has 1 aliphatic rings. The van der Waals surface area contributed by atoms with Gasteiger partial charge >= 0.3 is 0 Å². The lowest BCUT2D eigenvalue weighted by molar-refractivity contribution is 0.0623. The minimum absolute atomic E-state index is 0.0197. The van der Waals surface area contributed by atoms with Gasteiger partial charge in [0.05, 0.1) is 20.8 Å². The predicted octanol–water partition coefficient (Wildman–Crippen LogP) is 5.46. The molecule has 1 amide bonds. The number of rotatable bonds is 11. The lowest BCUT2D eigenvalue weighted by Gasteiger charge is -2.34. The van der Waals surface area contributed by atoms with E-state index in [1.807, 2.05) is 34.5 Å². The average molecular weight is 575 g/mol. The first-order valence-electron chi connectivity index (χ1n) is 13.7. The molecule has 1 saturated heterocycles. The molecule has 0 radical (unpaired) electrons. The van der Waals surface area contributed by atoms with Gasteiger partial charge in [-0.25, -0.2) is 9.37 Å². The topological polar surface area (TPSA) is 58.1 Å². The van der Waals surface area contributed by atoms with Crippen molar-refractivity contribution in [2.24, 2.45) is 0 Å². The van der Waals surface area contributed by atoms with Gasteiger partial charge in [-0.1, -0.05) is 48.5 Å². The van der Waals surface area contributed by atoms with E-state index >= 15 is 0 Å². The quantitative estimate of drug-likeness (QED) is 0.237. The first kappa shape index (κ1) is 28.7. The molecule has 9 heteroatoms. The molecule has 214 valence electrons. The fraction of sp³-hybridized carbons (Fsp3) is 0.312. The molecule has 0 bridgehead atoms. The van der Waals surface area contributed by atoms with Crippen LogP contribution in [0.15, 0.2) is 78.2 Å². The second-order valence-electron chi connectivity index (χ2n) is 10.1. The van der Waals surface area contributed by atoms with Crippen LogP contribution in [0.1, 0.15) is 32.2 Å². The Morgan fingerprint density at radius 3 is 2.37 bits per heavy atom. The van der Waals surface area contributed by atoms with Crippen LogP contribution in [-0.4, -0.2) is 66.0 Å². The molecular formula is C32H35FN4O3S. The van der Waals surface area contributed by atoms with Gasteiger partial charge in [0.25, 0.3) is 5.91 Å². The van der Waals surface area contributed by atoms with E-state index in [2.05, 4.69) is 34.1 Å². The largest absolute Gasteiger partial charge is 0.497 e. The third-order valence-electron chi connectivity index (χ3n) is 7.25. The van der Waals surface area contributed by atoms with E-state index in [-0.39, 0.29) is 11.7 Å². The zero-order valence-corrected chi connectivity index (χ0v) is 24.3. The van der Waals surface area contributed by atoms with Crippen molar-refractivity contribution >= 4 is 17.2 Å². The van der Waals surface area contributed by atoms with Crippen molar-refractivity contribution in [3.8, 4) is 11.5 Å². The Hall–Kier alpha value is -3.79. The summed E-state index contributed by atoms with van der Waals surface area (Å²) in [5.41, 5.74) is 3.76. The SMILES string of the molecule is COc1ccc(CN(Cc2ccc(F)cc2)Cc2nc(C(=O)N3CCN(Cc4ccccc4)CC3)cs2)c(OC)c1. The Morgan fingerprint density at radius 2 is 1.66 bits per heavy atom. The Bertz CT molecular complexity index is 1420. The molecule has 0 spiro atoms. The van der Waals surface area contributed by atoms with Crippen molar-refractivity contribution in [3.05, 3.63) is 111 Å². The summed E-state index contributed by atoms with van der Waals surface area (Å²) in [6, 6.07) is 22.7. The van der Waals surface area contributed by atoms with E-state index in [1.54, 1.807) is 26.4 Å². The first-order valence-corrected chi connectivity index (χ1v) is 14.6. The van der Waals surface area contributed by atoms with E-state index in [0.29, 0.717) is 38.4 Å². The maximum absolute atomic E-state index is 13.6. The Morgan fingerprint density at radius 1 is 0.902 bits per heavy atom. The number of carbonyl (C=O) groups excluding carboxylic acids is 1. The summed E-state index contributed by atoms with van der Waals surface area (Å²) in [5, 5.41) is 2.71. The molecule has 0 unspecified atom stereocenters. The predicted molar refractivity (Wildman–Crippen MR) is 159 cm³/mol. The molecule has 4 aromatic rings. The molecule has 1 aromatic heterocycles. The summed E-state index contributed by atoms with van der Waals surface area (Å²) in [6.07, 6.45) is 0. The summed E-state index contributed by atoms with van der Waals surface area (Å²) in [4.78, 5) is 24.5. The number of ether oxygens (including phenoxy) is 2. The second-order valence-corrected chi connectivity index (χ2v) is 11.1. The molecule has 0 saturated carbocycles. The molecule has 1 aliphatic heterocycles. The molecule has 0 aliphatic carbocycles. The van der Waals surface area contributed by atoms with Gasteiger partial charge in [0.2, 0.25) is 0 Å². The summed E-state index contributed by atoms with van der Waals surface area (Å²) in [6.45, 7) is 5.65. The molecule has 3 aromatic carbocycles. The normalized spacial score (nSPS) is 13.9. The number of methoxy groups -OCH3 is 2. The van der Waals surface area contributed by atoms with Gasteiger partial charge in [0.15, 0.2) is 0 Å². The van der Waals surface area contributed by atoms with Gasteiger partial charge in [-0.2, -0.15) is 0 Å². The van der Waals surface area contributed by atoms with E-state index in [0.717, 1.165) is 47.3 Å². The summed E-state index contributed by atoms with van der Waals surface area (Å²) in [5.74, 6) is 1.17. The molecule has 7 nitrogen and oxygen atoms in total. The Balaban J connectivity index is 1.25. The third kappa shape index (κ3) is 7.70. The number of piperazine rings is 1. The highest BCUT2D eigenvalue weighted by Crippen LogP contribution is 2.27. The molecule has 5 rings (SSSR count). The summed E-state index contributed by atoms with van der Waals surface area (Å²) in [7, 11) is 3.27. The van der Waals surface area contributed by atoms with Crippen LogP contribution in [0.2, 0.25) is 0 Å². The molecule has 2 heterocycles. The van der Waals surface area contributed by atoms with E-state index in [4.69, 9.17) is 14.5 Å². The second kappa shape index (κ2) is 13.7. The fourth-order valence-electron chi connectivity index (χ4n) is 5.02. The van der Waals surface area contributed by atoms with Crippen LogP contribution in [0, 0.1) is 5.82 Å². The minimum atomic E-state index is -0.263. The van der Waals surface area contributed by atoms with Crippen molar-refractivity contribution in [2.75, 3.05) is 40.4 Å². The lowest BCUT2D eigenvalue weighted by Crippen LogP contribution is -2.48. The molecular weight excluding hydrogens is 539 g/mol. The number of carbonyl (C=O) groups is 1. The maximum atomic E-state index is 13.6. The zero-order valence-electron chi connectivity index (χ0n) is 23.5. The first-order chi connectivity index (χ1) is 20.0. The fourth-order valence-corrected chi connectivity index (χ4v) is 5.83. The highest BCUT2D eigenvalue weighted by molar-refractivity contribution is 7.09. The van der Waals surface area contributed by atoms with Crippen LogP contribution < -0.4 is 9.47 Å². The van der Waals surface area contributed by atoms with Gasteiger partial charge in [-0.15, -0.1) is 11.3 Å². The highest BCUT2D eigenvalue weighted by Gasteiger charge is 2.24. The van der Waals surface area contributed by atoms with Crippen LogP contribution in [0.4, 0.5) is 4.39 Å². The minimum Gasteiger partial charge on any atom is -0.497 e. The monoisotopic (exact) mass is 574 g/mol. The number of aromatic nitrogens is 1. The van der Waals surface area contributed by atoms with E-state index < -0.39 is 0 Å². The van der Waals surface area contributed by atoms with Gasteiger partial charge < -0.3 is 14.4 Å². The lowest BCUT2D eigenvalue weighted by atomic mass is 10.1. The number of nitrogens with zero attached hydrogens (tertiary/aromatic N) is 4. The standard InChI is InChI=1S/C32H35FN4O3S/c1-39-28-13-10-26(30(18-28)40-2)21-36(20-25-8-11-27(33)12-9-25)22-31-34-29(23-41-31)32(38)37-16-14-35(15-17-37)19-24-6-4-3-5-7-24/h3-13,18,23H,14-17,19-22H2,1-2H3. The third-order valence-corrected chi connectivity index (χ3v) is 8.08. The van der Waals surface area contributed by atoms with E-state index in [9.17, 15) is 9.18 Å². The summed E-state index contributed by atoms with van der Waals surface area (Å²) >= 11 is 1.49. The number of hydrogen-bond donors (Lipinski definition) is 0. The van der Waals surface area contributed by atoms with Crippen LogP contribution in [0.25, 0.3) is 0 Å². The average Bonchev–Trinajstić information content (AvgIpc) is 3.47. The van der Waals surface area contributed by atoms with Crippen molar-refractivity contribution in [3.63, 3.8) is 0 Å². The molecule has 0 atom stereocenters. The van der Waals surface area contributed by atoms with Crippen molar-refractivity contribution in [1.29, 1.82) is 0 Å². The van der Waals surface area contributed by atoms with Crippen LogP contribution in [-0.2, 0) is 26.2 Å². The summed E-state index contributed by atoms with van der Waals surface area (Å²) < 4.78 is 24.5. The molecule has 0 N–H and O–H groups in total. The maximum Gasteiger partial charge on any atom is 0.273 e. The molecule has 1 fully saturated rings. The number of hydrogen-bond acceptors (Lipinski definition) is 7. The van der Waals surface area contributed by atoms with Crippen molar-refractivity contribution in [1.82, 2.24) is 19.7 Å². The molecule has 41 heavy (non-hydrogen) atoms. The van der Waals surface area contributed by atoms with Crippen LogP contribution in [0.3, 0.4) is 0 Å².